The van der Waals surface area contributed by atoms with Gasteiger partial charge in [-0.3, -0.25) is 4.79 Å². The third-order valence-electron chi connectivity index (χ3n) is 7.13. The zero-order valence-corrected chi connectivity index (χ0v) is 20.6. The van der Waals surface area contributed by atoms with E-state index in [4.69, 9.17) is 9.97 Å². The van der Waals surface area contributed by atoms with E-state index < -0.39 is 23.1 Å². The number of fused-ring (bicyclic) bond motifs is 1. The number of pyridine rings is 1. The van der Waals surface area contributed by atoms with E-state index in [-0.39, 0.29) is 11.7 Å². The van der Waals surface area contributed by atoms with Gasteiger partial charge in [0.25, 0.3) is 0 Å². The smallest absolute Gasteiger partial charge is 0.419 e. The van der Waals surface area contributed by atoms with Crippen LogP contribution in [0, 0.1) is 0 Å². The summed E-state index contributed by atoms with van der Waals surface area (Å²) in [7, 11) is 0. The van der Waals surface area contributed by atoms with Crippen LogP contribution in [0.1, 0.15) is 60.8 Å². The van der Waals surface area contributed by atoms with Crippen molar-refractivity contribution in [1.82, 2.24) is 15.0 Å². The van der Waals surface area contributed by atoms with Crippen LogP contribution in [0.2, 0.25) is 0 Å². The molecule has 2 N–H and O–H groups in total. The van der Waals surface area contributed by atoms with Gasteiger partial charge in [0, 0.05) is 42.9 Å². The number of carboxylic acids is 1. The zero-order valence-electron chi connectivity index (χ0n) is 20.6. The summed E-state index contributed by atoms with van der Waals surface area (Å²) in [6.45, 7) is 4.68. The van der Waals surface area contributed by atoms with Crippen molar-refractivity contribution in [2.75, 3.05) is 23.3 Å². The van der Waals surface area contributed by atoms with Crippen LogP contribution < -0.4 is 10.2 Å². The molecular formula is C27H28F3N5O2. The van der Waals surface area contributed by atoms with Crippen LogP contribution in [0.5, 0.6) is 0 Å². The maximum Gasteiger partial charge on any atom is 0.419 e. The number of carbonyl (C=O) groups is 1. The second kappa shape index (κ2) is 9.32. The van der Waals surface area contributed by atoms with Crippen LogP contribution in [0.4, 0.5) is 30.5 Å². The van der Waals surface area contributed by atoms with Crippen molar-refractivity contribution in [3.63, 3.8) is 0 Å². The van der Waals surface area contributed by atoms with Crippen molar-refractivity contribution in [2.24, 2.45) is 0 Å². The Balaban J connectivity index is 1.44. The van der Waals surface area contributed by atoms with E-state index in [1.165, 1.54) is 12.3 Å². The van der Waals surface area contributed by atoms with Crippen LogP contribution in [-0.4, -0.2) is 39.1 Å². The molecule has 2 aliphatic rings. The lowest BCUT2D eigenvalue weighted by Gasteiger charge is -2.24. The Bertz CT molecular complexity index is 1320. The lowest BCUT2D eigenvalue weighted by molar-refractivity contribution is -0.140. The molecule has 3 aromatic rings. The topological polar surface area (TPSA) is 91.2 Å². The van der Waals surface area contributed by atoms with Crippen LogP contribution in [0.3, 0.4) is 0 Å². The highest BCUT2D eigenvalue weighted by Gasteiger charge is 2.51. The summed E-state index contributed by atoms with van der Waals surface area (Å²) in [5.74, 6) is 0.465. The first-order chi connectivity index (χ1) is 17.6. The zero-order chi connectivity index (χ0) is 26.4. The van der Waals surface area contributed by atoms with E-state index in [1.54, 1.807) is 4.90 Å². The summed E-state index contributed by atoms with van der Waals surface area (Å²) < 4.78 is 40.9. The second-order valence-electron chi connectivity index (χ2n) is 9.96. The molecule has 1 saturated carbocycles. The van der Waals surface area contributed by atoms with Gasteiger partial charge in [0.05, 0.1) is 16.7 Å². The van der Waals surface area contributed by atoms with Gasteiger partial charge in [0.1, 0.15) is 17.5 Å². The van der Waals surface area contributed by atoms with Crippen LogP contribution in [0.25, 0.3) is 0 Å². The summed E-state index contributed by atoms with van der Waals surface area (Å²) in [6, 6.07) is 9.70. The second-order valence-corrected chi connectivity index (χ2v) is 9.96. The number of alkyl halides is 3. The average molecular weight is 512 g/mol. The molecule has 37 heavy (non-hydrogen) atoms. The fourth-order valence-corrected chi connectivity index (χ4v) is 4.82. The molecule has 1 aromatic carbocycles. The van der Waals surface area contributed by atoms with Gasteiger partial charge < -0.3 is 15.3 Å². The molecule has 0 bridgehead atoms. The van der Waals surface area contributed by atoms with Crippen LogP contribution in [-0.2, 0) is 29.2 Å². The minimum atomic E-state index is -4.49. The highest BCUT2D eigenvalue weighted by atomic mass is 19.4. The number of benzene rings is 1. The van der Waals surface area contributed by atoms with E-state index in [9.17, 15) is 23.1 Å². The maximum atomic E-state index is 13.6. The Labute approximate surface area is 212 Å². The first-order valence-electron chi connectivity index (χ1n) is 12.4. The molecular weight excluding hydrogens is 483 g/mol. The van der Waals surface area contributed by atoms with Crippen molar-refractivity contribution in [3.05, 3.63) is 70.8 Å². The molecule has 1 fully saturated rings. The quantitative estimate of drug-likeness (QED) is 0.453. The molecule has 10 heteroatoms. The normalized spacial score (nSPS) is 16.8. The third kappa shape index (κ3) is 4.84. The van der Waals surface area contributed by atoms with Gasteiger partial charge in [-0.25, -0.2) is 15.0 Å². The molecule has 0 atom stereocenters. The van der Waals surface area contributed by atoms with Gasteiger partial charge in [-0.05, 0) is 49.1 Å². The number of hydrogen-bond acceptors (Lipinski definition) is 6. The number of nitrogens with zero attached hydrogens (tertiary/aromatic N) is 4. The van der Waals surface area contributed by atoms with Crippen molar-refractivity contribution >= 4 is 23.3 Å². The Morgan fingerprint density at radius 3 is 2.41 bits per heavy atom. The minimum Gasteiger partial charge on any atom is -0.481 e. The first-order valence-corrected chi connectivity index (χ1v) is 12.4. The van der Waals surface area contributed by atoms with Crippen molar-refractivity contribution < 1.29 is 23.1 Å². The molecule has 194 valence electrons. The Morgan fingerprint density at radius 2 is 1.78 bits per heavy atom. The van der Waals surface area contributed by atoms with E-state index in [2.05, 4.69) is 10.3 Å². The number of nitrogens with one attached hydrogen (secondary N) is 1. The Kier molecular flexibility index (Phi) is 6.29. The molecule has 0 amide bonds. The monoisotopic (exact) mass is 511 g/mol. The number of halogens is 3. The predicted molar refractivity (Wildman–Crippen MR) is 133 cm³/mol. The fraction of sp³-hybridized carbons (Fsp3) is 0.407. The number of carboxylic acid groups (broad SMARTS) is 1. The van der Waals surface area contributed by atoms with Gasteiger partial charge >= 0.3 is 12.1 Å². The number of rotatable bonds is 6. The largest absolute Gasteiger partial charge is 0.481 e. The SMILES string of the molecule is CC(C)c1nc2c(c(Nc3ccc(C4(C(=O)O)CC4)cc3)n1)CCN(c1ncccc1C(F)(F)F)CC2. The van der Waals surface area contributed by atoms with Crippen LogP contribution in [0.15, 0.2) is 42.6 Å². The molecule has 7 nitrogen and oxygen atoms in total. The van der Waals surface area contributed by atoms with Gasteiger partial charge in [-0.2, -0.15) is 13.2 Å². The van der Waals surface area contributed by atoms with Crippen molar-refractivity contribution in [1.29, 1.82) is 0 Å². The molecule has 1 aliphatic heterocycles. The van der Waals surface area contributed by atoms with Gasteiger partial charge in [-0.1, -0.05) is 26.0 Å². The molecule has 0 spiro atoms. The molecule has 3 heterocycles. The summed E-state index contributed by atoms with van der Waals surface area (Å²) in [6.07, 6.45) is -0.938. The molecule has 5 rings (SSSR count). The highest BCUT2D eigenvalue weighted by molar-refractivity contribution is 5.85. The van der Waals surface area contributed by atoms with Crippen molar-refractivity contribution in [2.45, 2.75) is 57.0 Å². The lowest BCUT2D eigenvalue weighted by atomic mass is 9.96. The maximum absolute atomic E-state index is 13.6. The van der Waals surface area contributed by atoms with Gasteiger partial charge in [-0.15, -0.1) is 0 Å². The summed E-state index contributed by atoms with van der Waals surface area (Å²) in [4.78, 5) is 26.9. The van der Waals surface area contributed by atoms with Gasteiger partial charge in [0.15, 0.2) is 0 Å². The Morgan fingerprint density at radius 1 is 1.08 bits per heavy atom. The average Bonchev–Trinajstić information content (AvgIpc) is 3.69. The summed E-state index contributed by atoms with van der Waals surface area (Å²) in [5.41, 5.74) is 1.69. The minimum absolute atomic E-state index is 0.0606. The third-order valence-corrected chi connectivity index (χ3v) is 7.13. The molecule has 0 saturated heterocycles. The van der Waals surface area contributed by atoms with Crippen molar-refractivity contribution in [3.8, 4) is 0 Å². The van der Waals surface area contributed by atoms with Gasteiger partial charge in [0.2, 0.25) is 0 Å². The highest BCUT2D eigenvalue weighted by Crippen LogP contribution is 2.48. The van der Waals surface area contributed by atoms with E-state index >= 15 is 0 Å². The fourth-order valence-electron chi connectivity index (χ4n) is 4.82. The molecule has 0 unspecified atom stereocenters. The summed E-state index contributed by atoms with van der Waals surface area (Å²) in [5, 5.41) is 12.9. The Hall–Kier alpha value is -3.69. The summed E-state index contributed by atoms with van der Waals surface area (Å²) >= 11 is 0. The van der Waals surface area contributed by atoms with E-state index in [0.29, 0.717) is 50.4 Å². The van der Waals surface area contributed by atoms with Crippen LogP contribution >= 0.6 is 0 Å². The molecule has 0 radical (unpaired) electrons. The first kappa shape index (κ1) is 25.0. The van der Waals surface area contributed by atoms with E-state index in [0.717, 1.165) is 28.6 Å². The number of aliphatic carboxylic acids is 1. The standard InChI is InChI=1S/C27H28F3N5O2/c1-16(2)22-33-21-10-15-35(24-20(27(28,29)30)4-3-13-31-24)14-9-19(21)23(34-22)32-18-7-5-17(6-8-18)26(11-12-26)25(36)37/h3-8,13,16H,9-12,14-15H2,1-2H3,(H,36,37)(H,32,33,34). The van der Waals surface area contributed by atoms with E-state index in [1.807, 2.05) is 38.1 Å². The number of anilines is 3. The number of hydrogen-bond donors (Lipinski definition) is 2. The lowest BCUT2D eigenvalue weighted by Crippen LogP contribution is -2.29. The number of aromatic nitrogens is 3. The molecule has 1 aliphatic carbocycles. The predicted octanol–water partition coefficient (Wildman–Crippen LogP) is 5.48. The molecule has 2 aromatic heterocycles.